The highest BCUT2D eigenvalue weighted by Crippen LogP contribution is 2.28. The Morgan fingerprint density at radius 3 is 1.60 bits per heavy atom. The number of rotatable bonds is 0. The molecule has 1 rings (SSSR count). The van der Waals surface area contributed by atoms with Gasteiger partial charge in [0.05, 0.1) is 15.1 Å². The Kier molecular flexibility index (Phi) is 4.11. The van der Waals surface area contributed by atoms with Crippen molar-refractivity contribution >= 4 is 34.8 Å². The van der Waals surface area contributed by atoms with Crippen molar-refractivity contribution < 1.29 is 0 Å². The highest BCUT2D eigenvalue weighted by molar-refractivity contribution is 6.47. The first-order chi connectivity index (χ1) is 4.22. The lowest BCUT2D eigenvalue weighted by Gasteiger charge is -1.94. The Hall–Kier alpha value is 0.0900. The van der Waals surface area contributed by atoms with Crippen molar-refractivity contribution in [1.29, 1.82) is 0 Å². The maximum atomic E-state index is 5.61. The van der Waals surface area contributed by atoms with Crippen LogP contribution in [0.3, 0.4) is 0 Å². The molecule has 0 spiro atoms. The summed E-state index contributed by atoms with van der Waals surface area (Å²) in [6.45, 7) is 0. The maximum absolute atomic E-state index is 5.61. The first kappa shape index (κ1) is 10.1. The molecule has 53 valence electrons. The molecule has 0 aromatic heterocycles. The molecule has 0 bridgehead atoms. The maximum Gasteiger partial charge on any atom is 0.0778 e. The molecule has 0 unspecified atom stereocenters. The quantitative estimate of drug-likeness (QED) is 0.550. The summed E-state index contributed by atoms with van der Waals surface area (Å²) in [5, 5.41) is 1.40. The monoisotopic (exact) mass is 193 g/mol. The third kappa shape index (κ3) is 2.05. The molecule has 3 heteroatoms. The van der Waals surface area contributed by atoms with Crippen molar-refractivity contribution in [2.75, 3.05) is 0 Å². The Morgan fingerprint density at radius 1 is 0.900 bits per heavy atom. The molecule has 10 heavy (non-hydrogen) atoms. The molecule has 0 aliphatic rings. The van der Waals surface area contributed by atoms with Gasteiger partial charge in [-0.3, -0.25) is 0 Å². The van der Waals surface area contributed by atoms with E-state index in [2.05, 4.69) is 0 Å². The fourth-order valence-electron chi connectivity index (χ4n) is 0.477. The van der Waals surface area contributed by atoms with Gasteiger partial charge in [0, 0.05) is 0 Å². The fourth-order valence-corrected chi connectivity index (χ4v) is 1.00. The van der Waals surface area contributed by atoms with Crippen LogP contribution in [0.5, 0.6) is 0 Å². The zero-order valence-corrected chi connectivity index (χ0v) is 7.21. The molecular weight excluding hydrogens is 190 g/mol. The molecule has 0 heterocycles. The lowest BCUT2D eigenvalue weighted by Crippen LogP contribution is -1.67. The molecule has 0 nitrogen and oxygen atoms in total. The van der Waals surface area contributed by atoms with Crippen molar-refractivity contribution in [1.82, 2.24) is 0 Å². The van der Waals surface area contributed by atoms with Gasteiger partial charge in [-0.05, 0) is 19.6 Å². The van der Waals surface area contributed by atoms with E-state index in [1.807, 2.05) is 0 Å². The molecule has 1 aromatic carbocycles. The third-order valence-corrected chi connectivity index (χ3v) is 2.14. The van der Waals surface area contributed by atoms with Crippen LogP contribution >= 0.6 is 34.8 Å². The summed E-state index contributed by atoms with van der Waals surface area (Å²) >= 11 is 16.8. The molecule has 0 fully saturated rings. The van der Waals surface area contributed by atoms with Crippen LogP contribution in [0.4, 0.5) is 0 Å². The third-order valence-electron chi connectivity index (χ3n) is 0.904. The van der Waals surface area contributed by atoms with E-state index in [1.165, 1.54) is 0 Å². The van der Waals surface area contributed by atoms with E-state index < -0.39 is 0 Å². The van der Waals surface area contributed by atoms with Crippen LogP contribution in [0.25, 0.3) is 0 Å². The zero-order valence-electron chi connectivity index (χ0n) is 4.94. The molecule has 0 N–H and O–H groups in total. The molecule has 0 saturated carbocycles. The predicted octanol–water partition coefficient (Wildman–Crippen LogP) is 3.85. The van der Waals surface area contributed by atoms with Crippen LogP contribution in [0.2, 0.25) is 15.1 Å². The molecule has 0 aliphatic carbocycles. The van der Waals surface area contributed by atoms with Gasteiger partial charge in [-0.2, -0.15) is 0 Å². The first-order valence-electron chi connectivity index (χ1n) is 2.31. The summed E-state index contributed by atoms with van der Waals surface area (Å²) < 4.78 is 0. The van der Waals surface area contributed by atoms with Crippen molar-refractivity contribution in [3.05, 3.63) is 40.7 Å². The molecule has 3 radical (unpaired) electrons. The summed E-state index contributed by atoms with van der Waals surface area (Å²) in [6.07, 6.45) is 0. The minimum Gasteiger partial charge on any atom is -0.0827 e. The summed E-state index contributed by atoms with van der Waals surface area (Å²) in [5.74, 6) is 0. The van der Waals surface area contributed by atoms with Crippen LogP contribution in [-0.4, -0.2) is 0 Å². The van der Waals surface area contributed by atoms with Crippen molar-refractivity contribution in [2.24, 2.45) is 0 Å². The Morgan fingerprint density at radius 2 is 1.30 bits per heavy atom. The van der Waals surface area contributed by atoms with E-state index in [9.17, 15) is 0 Å². The van der Waals surface area contributed by atoms with Gasteiger partial charge in [0.1, 0.15) is 0 Å². The smallest absolute Gasteiger partial charge is 0.0778 e. The van der Waals surface area contributed by atoms with E-state index in [4.69, 9.17) is 34.8 Å². The van der Waals surface area contributed by atoms with Gasteiger partial charge < -0.3 is 0 Å². The van der Waals surface area contributed by atoms with Gasteiger partial charge in [-0.15, -0.1) is 0 Å². The van der Waals surface area contributed by atoms with Gasteiger partial charge in [0.25, 0.3) is 0 Å². The highest BCUT2D eigenvalue weighted by Gasteiger charge is 1.98. The number of hydrogen-bond donors (Lipinski definition) is 0. The topological polar surface area (TPSA) is 0 Å². The van der Waals surface area contributed by atoms with E-state index >= 15 is 0 Å². The molecular formula is C7H4Cl3. The van der Waals surface area contributed by atoms with Gasteiger partial charge in [0.2, 0.25) is 0 Å². The van der Waals surface area contributed by atoms with Crippen LogP contribution in [0, 0.1) is 7.43 Å². The Labute approximate surface area is 75.7 Å². The molecule has 0 saturated heterocycles. The predicted molar refractivity (Wildman–Crippen MR) is 45.8 cm³/mol. The SMILES string of the molecule is Clc1cccc(Cl)c1Cl.[CH]. The number of hydrogen-bond acceptors (Lipinski definition) is 0. The highest BCUT2D eigenvalue weighted by atomic mass is 35.5. The lowest BCUT2D eigenvalue weighted by molar-refractivity contribution is 1.70. The second-order valence-electron chi connectivity index (χ2n) is 1.54. The average molecular weight is 194 g/mol. The average Bonchev–Trinajstić information content (AvgIpc) is 1.83. The Balaban J connectivity index is 0.000000810. The van der Waals surface area contributed by atoms with Crippen LogP contribution in [-0.2, 0) is 0 Å². The van der Waals surface area contributed by atoms with E-state index in [0.29, 0.717) is 15.1 Å². The van der Waals surface area contributed by atoms with Crippen molar-refractivity contribution in [3.63, 3.8) is 0 Å². The lowest BCUT2D eigenvalue weighted by atomic mass is 10.4. The number of benzene rings is 1. The van der Waals surface area contributed by atoms with Crippen LogP contribution in [0.1, 0.15) is 0 Å². The van der Waals surface area contributed by atoms with E-state index in [1.54, 1.807) is 18.2 Å². The van der Waals surface area contributed by atoms with E-state index in [0.717, 1.165) is 0 Å². The van der Waals surface area contributed by atoms with Gasteiger partial charge in [-0.1, -0.05) is 40.9 Å². The largest absolute Gasteiger partial charge is 0.0827 e. The summed E-state index contributed by atoms with van der Waals surface area (Å²) in [5.41, 5.74) is 0. The van der Waals surface area contributed by atoms with Gasteiger partial charge in [0.15, 0.2) is 0 Å². The number of halogens is 3. The van der Waals surface area contributed by atoms with Crippen molar-refractivity contribution in [2.45, 2.75) is 0 Å². The molecule has 1 aromatic rings. The summed E-state index contributed by atoms with van der Waals surface area (Å²) in [4.78, 5) is 0. The zero-order chi connectivity index (χ0) is 6.85. The van der Waals surface area contributed by atoms with Gasteiger partial charge >= 0.3 is 0 Å². The summed E-state index contributed by atoms with van der Waals surface area (Å²) in [6, 6.07) is 5.13. The minimum absolute atomic E-state index is 0. The molecule has 0 amide bonds. The van der Waals surface area contributed by atoms with Crippen LogP contribution in [0.15, 0.2) is 18.2 Å². The normalized spacial score (nSPS) is 8.70. The molecule has 0 aliphatic heterocycles. The van der Waals surface area contributed by atoms with Crippen LogP contribution < -0.4 is 0 Å². The second-order valence-corrected chi connectivity index (χ2v) is 2.73. The van der Waals surface area contributed by atoms with Gasteiger partial charge in [-0.25, -0.2) is 0 Å². The minimum atomic E-state index is 0. The summed E-state index contributed by atoms with van der Waals surface area (Å²) in [7, 11) is 0. The fraction of sp³-hybridized carbons (Fsp3) is 0. The van der Waals surface area contributed by atoms with Crippen molar-refractivity contribution in [3.8, 4) is 0 Å². The second kappa shape index (κ2) is 4.07. The standard InChI is InChI=1S/C6H3Cl3.CH/c7-4-2-1-3-5(8)6(4)9;/h1-3H;1H. The Bertz CT molecular complexity index is 200. The van der Waals surface area contributed by atoms with E-state index in [-0.39, 0.29) is 7.43 Å². The first-order valence-corrected chi connectivity index (χ1v) is 3.44. The molecule has 0 atom stereocenters.